The summed E-state index contributed by atoms with van der Waals surface area (Å²) in [7, 11) is 0. The second-order valence-electron chi connectivity index (χ2n) is 6.81. The molecule has 3 heteroatoms. The van der Waals surface area contributed by atoms with Gasteiger partial charge in [0.15, 0.2) is 0 Å². The van der Waals surface area contributed by atoms with E-state index in [4.69, 9.17) is 0 Å². The topological polar surface area (TPSA) is 36.1 Å². The van der Waals surface area contributed by atoms with Crippen molar-refractivity contribution in [2.24, 2.45) is 0 Å². The third kappa shape index (κ3) is 1.96. The molecular weight excluding hydrogens is 258 g/mol. The largest absolute Gasteiger partial charge is 0.384 e. The molecule has 3 N–H and O–H groups in total. The lowest BCUT2D eigenvalue weighted by Gasteiger charge is -2.17. The fourth-order valence-corrected chi connectivity index (χ4v) is 3.23. The first kappa shape index (κ1) is 12.6. The Balaban J connectivity index is 1.67. The van der Waals surface area contributed by atoms with Crippen LogP contribution in [0.2, 0.25) is 0 Å². The SMILES string of the molecule is Cc1ccc(C2Nc3cc4c(cc3N2)C(C)(C)CN4)cc1. The molecule has 21 heavy (non-hydrogen) atoms. The molecule has 0 saturated heterocycles. The van der Waals surface area contributed by atoms with Gasteiger partial charge in [0.05, 0.1) is 11.4 Å². The molecule has 2 aliphatic rings. The Morgan fingerprint density at radius 1 is 0.952 bits per heavy atom. The van der Waals surface area contributed by atoms with Crippen LogP contribution in [0.15, 0.2) is 36.4 Å². The fraction of sp³-hybridized carbons (Fsp3) is 0.333. The van der Waals surface area contributed by atoms with Crippen LogP contribution in [0.4, 0.5) is 17.1 Å². The zero-order chi connectivity index (χ0) is 14.6. The van der Waals surface area contributed by atoms with Crippen molar-refractivity contribution in [2.45, 2.75) is 32.4 Å². The zero-order valence-corrected chi connectivity index (χ0v) is 12.7. The second-order valence-corrected chi connectivity index (χ2v) is 6.81. The minimum Gasteiger partial charge on any atom is -0.384 e. The molecule has 0 amide bonds. The molecule has 2 aromatic rings. The first-order valence-electron chi connectivity index (χ1n) is 7.55. The van der Waals surface area contributed by atoms with Crippen LogP contribution in [0.1, 0.15) is 36.7 Å². The molecule has 0 spiro atoms. The molecule has 0 aliphatic carbocycles. The van der Waals surface area contributed by atoms with Crippen molar-refractivity contribution in [1.82, 2.24) is 0 Å². The average Bonchev–Trinajstić information content (AvgIpc) is 2.99. The number of nitrogens with one attached hydrogen (secondary N) is 3. The lowest BCUT2D eigenvalue weighted by atomic mass is 9.86. The van der Waals surface area contributed by atoms with E-state index in [1.165, 1.54) is 33.8 Å². The molecule has 2 aliphatic heterocycles. The molecule has 2 heterocycles. The molecule has 3 nitrogen and oxygen atoms in total. The van der Waals surface area contributed by atoms with E-state index in [1.807, 2.05) is 0 Å². The van der Waals surface area contributed by atoms with Crippen LogP contribution in [0, 0.1) is 6.92 Å². The number of hydrogen-bond acceptors (Lipinski definition) is 3. The van der Waals surface area contributed by atoms with Crippen molar-refractivity contribution in [3.8, 4) is 0 Å². The monoisotopic (exact) mass is 279 g/mol. The second kappa shape index (κ2) is 4.17. The van der Waals surface area contributed by atoms with Crippen molar-refractivity contribution in [1.29, 1.82) is 0 Å². The average molecular weight is 279 g/mol. The summed E-state index contributed by atoms with van der Waals surface area (Å²) in [6, 6.07) is 13.2. The number of rotatable bonds is 1. The molecule has 1 atom stereocenters. The normalized spacial score (nSPS) is 21.0. The Bertz CT molecular complexity index is 701. The Morgan fingerprint density at radius 2 is 1.62 bits per heavy atom. The van der Waals surface area contributed by atoms with Crippen molar-refractivity contribution in [2.75, 3.05) is 22.5 Å². The molecule has 0 bridgehead atoms. The van der Waals surface area contributed by atoms with E-state index in [0.717, 1.165) is 6.54 Å². The van der Waals surface area contributed by atoms with E-state index in [0.29, 0.717) is 0 Å². The third-order valence-electron chi connectivity index (χ3n) is 4.62. The Kier molecular flexibility index (Phi) is 2.49. The van der Waals surface area contributed by atoms with Gasteiger partial charge in [0, 0.05) is 17.6 Å². The van der Waals surface area contributed by atoms with Crippen LogP contribution >= 0.6 is 0 Å². The number of benzene rings is 2. The lowest BCUT2D eigenvalue weighted by Crippen LogP contribution is -2.19. The zero-order valence-electron chi connectivity index (χ0n) is 12.7. The summed E-state index contributed by atoms with van der Waals surface area (Å²) in [5.74, 6) is 0. The van der Waals surface area contributed by atoms with Gasteiger partial charge in [-0.25, -0.2) is 0 Å². The van der Waals surface area contributed by atoms with Crippen molar-refractivity contribution >= 4 is 17.1 Å². The van der Waals surface area contributed by atoms with Gasteiger partial charge < -0.3 is 16.0 Å². The van der Waals surface area contributed by atoms with Crippen molar-refractivity contribution in [3.63, 3.8) is 0 Å². The number of fused-ring (bicyclic) bond motifs is 2. The van der Waals surface area contributed by atoms with Gasteiger partial charge in [-0.3, -0.25) is 0 Å². The van der Waals surface area contributed by atoms with Gasteiger partial charge in [-0.2, -0.15) is 0 Å². The van der Waals surface area contributed by atoms with Crippen LogP contribution in [-0.4, -0.2) is 6.54 Å². The van der Waals surface area contributed by atoms with Crippen LogP contribution in [0.5, 0.6) is 0 Å². The van der Waals surface area contributed by atoms with Gasteiger partial charge >= 0.3 is 0 Å². The van der Waals surface area contributed by atoms with Gasteiger partial charge in [-0.15, -0.1) is 0 Å². The Hall–Kier alpha value is -2.16. The first-order valence-corrected chi connectivity index (χ1v) is 7.55. The molecular formula is C18H21N3. The van der Waals surface area contributed by atoms with Crippen LogP contribution in [0.25, 0.3) is 0 Å². The number of anilines is 3. The molecule has 0 aromatic heterocycles. The maximum atomic E-state index is 3.60. The summed E-state index contributed by atoms with van der Waals surface area (Å²) in [6.07, 6.45) is 0.159. The smallest absolute Gasteiger partial charge is 0.123 e. The molecule has 0 radical (unpaired) electrons. The van der Waals surface area contributed by atoms with Crippen LogP contribution < -0.4 is 16.0 Å². The maximum Gasteiger partial charge on any atom is 0.123 e. The van der Waals surface area contributed by atoms with E-state index in [-0.39, 0.29) is 11.6 Å². The number of hydrogen-bond donors (Lipinski definition) is 3. The highest BCUT2D eigenvalue weighted by Crippen LogP contribution is 2.45. The van der Waals surface area contributed by atoms with Gasteiger partial charge in [0.1, 0.15) is 6.17 Å². The molecule has 4 rings (SSSR count). The minimum atomic E-state index is 0.159. The number of aryl methyl sites for hydroxylation is 1. The van der Waals surface area contributed by atoms with Gasteiger partial charge in [-0.1, -0.05) is 43.7 Å². The van der Waals surface area contributed by atoms with Crippen LogP contribution in [0.3, 0.4) is 0 Å². The third-order valence-corrected chi connectivity index (χ3v) is 4.62. The van der Waals surface area contributed by atoms with E-state index >= 15 is 0 Å². The molecule has 108 valence electrons. The van der Waals surface area contributed by atoms with E-state index in [9.17, 15) is 0 Å². The van der Waals surface area contributed by atoms with Crippen molar-refractivity contribution < 1.29 is 0 Å². The fourth-order valence-electron chi connectivity index (χ4n) is 3.23. The molecule has 0 fully saturated rings. The van der Waals surface area contributed by atoms with Gasteiger partial charge in [-0.05, 0) is 30.2 Å². The van der Waals surface area contributed by atoms with Gasteiger partial charge in [0.25, 0.3) is 0 Å². The van der Waals surface area contributed by atoms with Crippen LogP contribution in [-0.2, 0) is 5.41 Å². The highest BCUT2D eigenvalue weighted by Gasteiger charge is 2.32. The summed E-state index contributed by atoms with van der Waals surface area (Å²) >= 11 is 0. The Labute approximate surface area is 125 Å². The molecule has 1 unspecified atom stereocenters. The standard InChI is InChI=1S/C18H21N3/c1-11-4-6-12(7-5-11)17-20-15-8-13-14(9-16(15)21-17)19-10-18(13,2)3/h4-9,17,19-21H,10H2,1-3H3. The summed E-state index contributed by atoms with van der Waals surface area (Å²) < 4.78 is 0. The first-order chi connectivity index (χ1) is 10.0. The summed E-state index contributed by atoms with van der Waals surface area (Å²) in [6.45, 7) is 7.70. The van der Waals surface area contributed by atoms with E-state index < -0.39 is 0 Å². The summed E-state index contributed by atoms with van der Waals surface area (Å²) in [5.41, 5.74) is 7.82. The van der Waals surface area contributed by atoms with Crippen molar-refractivity contribution in [3.05, 3.63) is 53.1 Å². The Morgan fingerprint density at radius 3 is 2.33 bits per heavy atom. The minimum absolute atomic E-state index is 0.159. The predicted octanol–water partition coefficient (Wildman–Crippen LogP) is 4.23. The summed E-state index contributed by atoms with van der Waals surface area (Å²) in [4.78, 5) is 0. The lowest BCUT2D eigenvalue weighted by molar-refractivity contribution is 0.586. The van der Waals surface area contributed by atoms with Gasteiger partial charge in [0.2, 0.25) is 0 Å². The highest BCUT2D eigenvalue weighted by atomic mass is 15.2. The maximum absolute atomic E-state index is 3.60. The molecule has 0 saturated carbocycles. The van der Waals surface area contributed by atoms with E-state index in [2.05, 4.69) is 73.1 Å². The highest BCUT2D eigenvalue weighted by molar-refractivity contribution is 5.82. The molecule has 2 aromatic carbocycles. The predicted molar refractivity (Wildman–Crippen MR) is 89.1 cm³/mol. The summed E-state index contributed by atoms with van der Waals surface area (Å²) in [5, 5.41) is 10.7. The van der Waals surface area contributed by atoms with E-state index in [1.54, 1.807) is 0 Å². The quantitative estimate of drug-likeness (QED) is 0.731.